The molecule has 57 heavy (non-hydrogen) atoms. The molecule has 11 heteroatoms. The highest BCUT2D eigenvalue weighted by Gasteiger charge is 2.48. The molecule has 9 nitrogen and oxygen atoms in total. The van der Waals surface area contributed by atoms with E-state index in [1.807, 2.05) is 12.1 Å². The van der Waals surface area contributed by atoms with Crippen LogP contribution in [0.3, 0.4) is 0 Å². The molecular formula is C46H33ClN3O6P. The van der Waals surface area contributed by atoms with Gasteiger partial charge in [0.2, 0.25) is 0 Å². The van der Waals surface area contributed by atoms with Gasteiger partial charge in [-0.2, -0.15) is 0 Å². The van der Waals surface area contributed by atoms with Gasteiger partial charge in [0, 0.05) is 35.0 Å². The van der Waals surface area contributed by atoms with Crippen molar-refractivity contribution >= 4 is 66.7 Å². The molecule has 9 aromatic rings. The number of imidazole rings is 1. The van der Waals surface area contributed by atoms with Gasteiger partial charge in [0.05, 0.1) is 16.0 Å². The third-order valence-electron chi connectivity index (χ3n) is 10.0. The van der Waals surface area contributed by atoms with E-state index in [-0.39, 0.29) is 10.6 Å². The number of fused-ring (bicyclic) bond motifs is 6. The van der Waals surface area contributed by atoms with E-state index >= 15 is 0 Å². The maximum Gasteiger partial charge on any atom is 0.269 e. The van der Waals surface area contributed by atoms with Crippen LogP contribution in [-0.2, 0) is 6.54 Å². The normalized spacial score (nSPS) is 11.7. The van der Waals surface area contributed by atoms with Crippen LogP contribution in [0.25, 0.3) is 44.0 Å². The van der Waals surface area contributed by atoms with Gasteiger partial charge < -0.3 is 4.57 Å². The van der Waals surface area contributed by atoms with Gasteiger partial charge >= 0.3 is 0 Å². The van der Waals surface area contributed by atoms with Gasteiger partial charge in [0.15, 0.2) is 0 Å². The molecule has 1 heterocycles. The zero-order chi connectivity index (χ0) is 39.6. The van der Waals surface area contributed by atoms with Crippen LogP contribution in [-0.4, -0.2) is 14.5 Å². The zero-order valence-electron chi connectivity index (χ0n) is 30.2. The topological polar surface area (TPSA) is 153 Å². The first kappa shape index (κ1) is 37.6. The molecule has 0 unspecified atom stereocenters. The minimum absolute atomic E-state index is 0.0756. The molecule has 0 fully saturated rings. The third kappa shape index (κ3) is 7.39. The van der Waals surface area contributed by atoms with Crippen LogP contribution in [0, 0.1) is 20.4 Å². The quantitative estimate of drug-likeness (QED) is 0.0926. The number of hydrogen-bond donors (Lipinski definition) is 0. The number of nitro benzene ring substituents is 1. The number of non-ortho nitro benzene ring substituents is 1. The first-order valence-electron chi connectivity index (χ1n) is 17.9. The van der Waals surface area contributed by atoms with Crippen molar-refractivity contribution in [3.63, 3.8) is 0 Å². The van der Waals surface area contributed by atoms with Crippen molar-refractivity contribution < 1.29 is 33.8 Å². The first-order chi connectivity index (χ1) is 27.6. The highest BCUT2D eigenvalue weighted by atomic mass is 35.7. The van der Waals surface area contributed by atoms with Crippen LogP contribution in [0.5, 0.6) is 0 Å². The van der Waals surface area contributed by atoms with Gasteiger partial charge in [-0.25, -0.2) is 23.6 Å². The minimum Gasteiger partial charge on any atom is -0.319 e. The van der Waals surface area contributed by atoms with Crippen LogP contribution >= 0.6 is 7.26 Å². The van der Waals surface area contributed by atoms with Crippen molar-refractivity contribution in [3.8, 4) is 11.4 Å². The molecule has 8 aromatic carbocycles. The Morgan fingerprint density at radius 1 is 0.526 bits per heavy atom. The lowest BCUT2D eigenvalue weighted by Crippen LogP contribution is -2.68. The summed E-state index contributed by atoms with van der Waals surface area (Å²) in [6, 6.07) is 65.5. The van der Waals surface area contributed by atoms with E-state index in [2.05, 4.69) is 168 Å². The summed E-state index contributed by atoms with van der Waals surface area (Å²) in [7, 11) is -7.31. The number of rotatable bonds is 8. The summed E-state index contributed by atoms with van der Waals surface area (Å²) in [4.78, 5) is 16.7. The Hall–Kier alpha value is -6.29. The molecule has 0 radical (unpaired) electrons. The Balaban J connectivity index is 0.000000859. The van der Waals surface area contributed by atoms with E-state index < -0.39 is 17.5 Å². The SMILES string of the molecule is O=[N+]([O-])c1ccc(Cn2c(-c3cccc([P+](c4ccccc4)(c4ccccc4)c4ccccc4)c3)nc3c4ccccc4c4ccccc4c32)cc1.[O-][Cl+3]([O-])([O-])[O-]. The van der Waals surface area contributed by atoms with Gasteiger partial charge in [0.25, 0.3) is 5.69 Å². The molecule has 1 aromatic heterocycles. The molecule has 280 valence electrons. The highest BCUT2D eigenvalue weighted by Crippen LogP contribution is 2.54. The molecule has 0 amide bonds. The molecule has 0 aliphatic rings. The molecule has 0 saturated heterocycles. The number of halogens is 1. The number of hydrogen-bond acceptors (Lipinski definition) is 7. The van der Waals surface area contributed by atoms with E-state index in [0.717, 1.165) is 49.5 Å². The maximum atomic E-state index is 11.5. The zero-order valence-corrected chi connectivity index (χ0v) is 31.9. The fourth-order valence-electron chi connectivity index (χ4n) is 7.75. The predicted molar refractivity (Wildman–Crippen MR) is 217 cm³/mol. The lowest BCUT2D eigenvalue weighted by Gasteiger charge is -2.28. The number of nitro groups is 1. The molecule has 0 N–H and O–H groups in total. The molecule has 0 atom stereocenters. The predicted octanol–water partition coefficient (Wildman–Crippen LogP) is 4.83. The maximum absolute atomic E-state index is 11.5. The van der Waals surface area contributed by atoms with E-state index in [4.69, 9.17) is 23.6 Å². The second-order valence-electron chi connectivity index (χ2n) is 13.3. The molecule has 0 aliphatic heterocycles. The smallest absolute Gasteiger partial charge is 0.269 e. The van der Waals surface area contributed by atoms with Gasteiger partial charge in [-0.15, -0.1) is 10.2 Å². The summed E-state index contributed by atoms with van der Waals surface area (Å²) >= 11 is 0. The van der Waals surface area contributed by atoms with E-state index in [1.54, 1.807) is 12.1 Å². The highest BCUT2D eigenvalue weighted by molar-refractivity contribution is 8.01. The average molecular weight is 790 g/mol. The summed E-state index contributed by atoms with van der Waals surface area (Å²) in [5.74, 6) is 0.851. The Kier molecular flexibility index (Phi) is 10.4. The fourth-order valence-corrected chi connectivity index (χ4v) is 12.0. The molecular weight excluding hydrogens is 757 g/mol. The number of benzene rings is 8. The monoisotopic (exact) mass is 789 g/mol. The summed E-state index contributed by atoms with van der Waals surface area (Å²) in [6.45, 7) is 0.493. The largest absolute Gasteiger partial charge is 0.319 e. The van der Waals surface area contributed by atoms with E-state index in [9.17, 15) is 10.1 Å². The molecule has 0 saturated carbocycles. The standard InChI is InChI=1S/C46H33N3O2P.ClHO4/c50-49(51)35-29-27-33(28-30-35)32-48-45-43-26-13-11-24-41(43)40-23-10-12-25-42(40)44(45)47-46(48)34-15-14-22-39(31-34)52(36-16-4-1-5-17-36,37-18-6-2-7-19-37)38-20-8-3-9-21-38;2-1(3,4)5/h1-31H,32H2;(H,2,3,4,5)/q+1;/p-1. The van der Waals surface area contributed by atoms with Crippen molar-refractivity contribution in [2.24, 2.45) is 0 Å². The van der Waals surface area contributed by atoms with E-state index in [0.29, 0.717) is 6.54 Å². The summed E-state index contributed by atoms with van der Waals surface area (Å²) in [6.07, 6.45) is 0. The Morgan fingerprint density at radius 2 is 0.965 bits per heavy atom. The lowest BCUT2D eigenvalue weighted by molar-refractivity contribution is -2.00. The van der Waals surface area contributed by atoms with Crippen molar-refractivity contribution in [2.45, 2.75) is 6.54 Å². The van der Waals surface area contributed by atoms with Crippen molar-refractivity contribution in [1.29, 1.82) is 0 Å². The van der Waals surface area contributed by atoms with Crippen LogP contribution in [0.1, 0.15) is 5.56 Å². The van der Waals surface area contributed by atoms with Crippen LogP contribution in [0.15, 0.2) is 188 Å². The van der Waals surface area contributed by atoms with Crippen LogP contribution in [0.2, 0.25) is 0 Å². The minimum atomic E-state index is -4.94. The summed E-state index contributed by atoms with van der Waals surface area (Å²) < 4.78 is 36.3. The molecule has 9 rings (SSSR count). The van der Waals surface area contributed by atoms with Crippen molar-refractivity contribution in [1.82, 2.24) is 9.55 Å². The van der Waals surface area contributed by atoms with Gasteiger partial charge in [-0.3, -0.25) is 10.1 Å². The fraction of sp³-hybridized carbons (Fsp3) is 0.0217. The third-order valence-corrected chi connectivity index (χ3v) is 14.3. The Morgan fingerprint density at radius 3 is 1.47 bits per heavy atom. The first-order valence-corrected chi connectivity index (χ1v) is 21.0. The van der Waals surface area contributed by atoms with E-state index in [1.165, 1.54) is 21.2 Å². The average Bonchev–Trinajstić information content (AvgIpc) is 3.61. The van der Waals surface area contributed by atoms with Gasteiger partial charge in [-0.1, -0.05) is 127 Å². The van der Waals surface area contributed by atoms with Crippen molar-refractivity contribution in [2.75, 3.05) is 0 Å². The van der Waals surface area contributed by atoms with Crippen LogP contribution in [0.4, 0.5) is 5.69 Å². The van der Waals surface area contributed by atoms with Crippen LogP contribution < -0.4 is 39.9 Å². The molecule has 0 bridgehead atoms. The Bertz CT molecular complexity index is 2750. The number of aromatic nitrogens is 2. The van der Waals surface area contributed by atoms with Crippen molar-refractivity contribution in [3.05, 3.63) is 204 Å². The molecule has 0 spiro atoms. The van der Waals surface area contributed by atoms with Gasteiger partial charge in [0.1, 0.15) is 34.3 Å². The second kappa shape index (κ2) is 15.7. The molecule has 0 aliphatic carbocycles. The number of nitrogens with zero attached hydrogens (tertiary/aromatic N) is 3. The second-order valence-corrected chi connectivity index (χ2v) is 17.5. The lowest BCUT2D eigenvalue weighted by atomic mass is 10.00. The van der Waals surface area contributed by atoms with Gasteiger partial charge in [-0.05, 0) is 64.9 Å². The summed E-state index contributed by atoms with van der Waals surface area (Å²) in [5, 5.41) is 21.1. The Labute approximate surface area is 330 Å². The summed E-state index contributed by atoms with van der Waals surface area (Å²) in [5.41, 5.74) is 4.02.